The van der Waals surface area contributed by atoms with Gasteiger partial charge in [-0.3, -0.25) is 4.79 Å². The molecule has 2 aliphatic heterocycles. The van der Waals surface area contributed by atoms with Gasteiger partial charge in [-0.15, -0.1) is 0 Å². The summed E-state index contributed by atoms with van der Waals surface area (Å²) in [4.78, 5) is 10.7. The first-order chi connectivity index (χ1) is 11.9. The molecule has 4 unspecified atom stereocenters. The number of nitrogens with one attached hydrogen (secondary N) is 1. The number of ether oxygens (including phenoxy) is 3. The predicted octanol–water partition coefficient (Wildman–Crippen LogP) is -1.13. The van der Waals surface area contributed by atoms with E-state index in [2.05, 4.69) is 4.72 Å². The van der Waals surface area contributed by atoms with Gasteiger partial charge >= 0.3 is 0 Å². The van der Waals surface area contributed by atoms with Crippen LogP contribution in [0, 0.1) is 11.3 Å². The van der Waals surface area contributed by atoms with Crippen LogP contribution in [0.4, 0.5) is 0 Å². The Morgan fingerprint density at radius 1 is 1.32 bits per heavy atom. The number of hydrogen-bond donors (Lipinski definition) is 2. The first kappa shape index (κ1) is 17.8. The van der Waals surface area contributed by atoms with Crippen LogP contribution in [0.3, 0.4) is 0 Å². The number of carbonyl (C=O) groups excluding carboxylic acids is 1. The SMILES string of the molecule is N#Cc1ccccc1S(=O)(=O)NC1COC2C(OCC(N)=O)COC12. The van der Waals surface area contributed by atoms with Crippen LogP contribution >= 0.6 is 0 Å². The second kappa shape index (κ2) is 7.07. The Morgan fingerprint density at radius 3 is 2.76 bits per heavy atom. The molecule has 4 atom stereocenters. The van der Waals surface area contributed by atoms with Crippen molar-refractivity contribution in [3.05, 3.63) is 29.8 Å². The van der Waals surface area contributed by atoms with Gasteiger partial charge in [-0.05, 0) is 12.1 Å². The van der Waals surface area contributed by atoms with Gasteiger partial charge in [0.2, 0.25) is 15.9 Å². The molecule has 0 aromatic heterocycles. The third kappa shape index (κ3) is 3.65. The maximum atomic E-state index is 12.6. The number of fused-ring (bicyclic) bond motifs is 1. The van der Waals surface area contributed by atoms with E-state index in [-0.39, 0.29) is 30.3 Å². The van der Waals surface area contributed by atoms with Gasteiger partial charge in [0.25, 0.3) is 0 Å². The Hall–Kier alpha value is -2.03. The van der Waals surface area contributed by atoms with Gasteiger partial charge in [-0.25, -0.2) is 13.1 Å². The number of amides is 1. The van der Waals surface area contributed by atoms with Gasteiger partial charge in [0.15, 0.2) is 0 Å². The summed E-state index contributed by atoms with van der Waals surface area (Å²) in [5.41, 5.74) is 5.10. The number of nitrogens with two attached hydrogens (primary N) is 1. The zero-order chi connectivity index (χ0) is 18.0. The minimum atomic E-state index is -3.92. The van der Waals surface area contributed by atoms with Crippen molar-refractivity contribution in [1.82, 2.24) is 4.72 Å². The summed E-state index contributed by atoms with van der Waals surface area (Å²) < 4.78 is 44.2. The van der Waals surface area contributed by atoms with Crippen LogP contribution in [-0.4, -0.2) is 58.5 Å². The lowest BCUT2D eigenvalue weighted by molar-refractivity contribution is -0.126. The maximum absolute atomic E-state index is 12.6. The van der Waals surface area contributed by atoms with E-state index in [9.17, 15) is 13.2 Å². The monoisotopic (exact) mass is 367 g/mol. The van der Waals surface area contributed by atoms with Gasteiger partial charge in [0.05, 0.1) is 29.7 Å². The lowest BCUT2D eigenvalue weighted by atomic mass is 10.1. The molecule has 1 amide bonds. The number of nitrogens with zero attached hydrogens (tertiary/aromatic N) is 1. The number of hydrogen-bond acceptors (Lipinski definition) is 7. The van der Waals surface area contributed by atoms with Crippen LogP contribution in [0.15, 0.2) is 29.2 Å². The van der Waals surface area contributed by atoms with Crippen LogP contribution in [0.5, 0.6) is 0 Å². The van der Waals surface area contributed by atoms with E-state index >= 15 is 0 Å². The van der Waals surface area contributed by atoms with Crippen LogP contribution in [0.1, 0.15) is 5.56 Å². The maximum Gasteiger partial charge on any atom is 0.243 e. The van der Waals surface area contributed by atoms with Gasteiger partial charge in [0.1, 0.15) is 31.0 Å². The predicted molar refractivity (Wildman–Crippen MR) is 83.7 cm³/mol. The summed E-state index contributed by atoms with van der Waals surface area (Å²) >= 11 is 0. The molecule has 0 radical (unpaired) electrons. The summed E-state index contributed by atoms with van der Waals surface area (Å²) in [6, 6.07) is 7.17. The van der Waals surface area contributed by atoms with Gasteiger partial charge in [-0.2, -0.15) is 5.26 Å². The van der Waals surface area contributed by atoms with Crippen molar-refractivity contribution in [2.24, 2.45) is 5.73 Å². The number of carbonyl (C=O) groups is 1. The topological polar surface area (TPSA) is 141 Å². The first-order valence-electron chi connectivity index (χ1n) is 7.57. The molecule has 9 nitrogen and oxygen atoms in total. The fourth-order valence-corrected chi connectivity index (χ4v) is 4.34. The van der Waals surface area contributed by atoms with E-state index in [1.165, 1.54) is 12.1 Å². The average Bonchev–Trinajstić information content (AvgIpc) is 3.16. The van der Waals surface area contributed by atoms with Crippen LogP contribution < -0.4 is 10.5 Å². The Labute approximate surface area is 144 Å². The Balaban J connectivity index is 1.70. The molecule has 3 N–H and O–H groups in total. The molecule has 134 valence electrons. The largest absolute Gasteiger partial charge is 0.371 e. The molecule has 0 bridgehead atoms. The van der Waals surface area contributed by atoms with Crippen molar-refractivity contribution in [3.8, 4) is 6.07 Å². The van der Waals surface area contributed by atoms with E-state index in [4.69, 9.17) is 25.2 Å². The second-order valence-electron chi connectivity index (χ2n) is 5.75. The highest BCUT2D eigenvalue weighted by Gasteiger charge is 2.49. The molecular formula is C15H17N3O6S. The molecule has 2 fully saturated rings. The Bertz CT molecular complexity index is 806. The molecular weight excluding hydrogens is 350 g/mol. The highest BCUT2D eigenvalue weighted by atomic mass is 32.2. The fraction of sp³-hybridized carbons (Fsp3) is 0.467. The van der Waals surface area contributed by atoms with Crippen molar-refractivity contribution in [3.63, 3.8) is 0 Å². The lowest BCUT2D eigenvalue weighted by Crippen LogP contribution is -2.44. The van der Waals surface area contributed by atoms with Crippen molar-refractivity contribution in [1.29, 1.82) is 5.26 Å². The van der Waals surface area contributed by atoms with E-state index in [1.54, 1.807) is 12.1 Å². The second-order valence-corrected chi connectivity index (χ2v) is 7.43. The molecule has 2 saturated heterocycles. The highest BCUT2D eigenvalue weighted by Crippen LogP contribution is 2.30. The number of rotatable bonds is 6. The number of sulfonamides is 1. The summed E-state index contributed by atoms with van der Waals surface area (Å²) in [5.74, 6) is -0.605. The van der Waals surface area contributed by atoms with Crippen LogP contribution in [0.2, 0.25) is 0 Å². The minimum Gasteiger partial charge on any atom is -0.371 e. The van der Waals surface area contributed by atoms with Gasteiger partial charge in [0, 0.05) is 0 Å². The molecule has 10 heteroatoms. The lowest BCUT2D eigenvalue weighted by Gasteiger charge is -2.18. The van der Waals surface area contributed by atoms with Crippen LogP contribution in [-0.2, 0) is 29.0 Å². The highest BCUT2D eigenvalue weighted by molar-refractivity contribution is 7.89. The molecule has 2 aliphatic rings. The minimum absolute atomic E-state index is 0.0560. The Kier molecular flexibility index (Phi) is 5.03. The first-order valence-corrected chi connectivity index (χ1v) is 9.05. The number of benzene rings is 1. The molecule has 0 spiro atoms. The molecule has 1 aromatic rings. The molecule has 1 aromatic carbocycles. The fourth-order valence-electron chi connectivity index (χ4n) is 2.95. The third-order valence-corrected chi connectivity index (χ3v) is 5.60. The number of nitriles is 1. The van der Waals surface area contributed by atoms with Gasteiger partial charge in [-0.1, -0.05) is 12.1 Å². The smallest absolute Gasteiger partial charge is 0.243 e. The summed E-state index contributed by atoms with van der Waals surface area (Å²) in [7, 11) is -3.92. The summed E-state index contributed by atoms with van der Waals surface area (Å²) in [5, 5.41) is 9.09. The van der Waals surface area contributed by atoms with Crippen molar-refractivity contribution in [2.45, 2.75) is 29.2 Å². The third-order valence-electron chi connectivity index (χ3n) is 4.05. The van der Waals surface area contributed by atoms with Crippen LogP contribution in [0.25, 0.3) is 0 Å². The van der Waals surface area contributed by atoms with E-state index in [0.29, 0.717) is 0 Å². The Morgan fingerprint density at radius 2 is 2.04 bits per heavy atom. The molecule has 0 saturated carbocycles. The molecule has 2 heterocycles. The molecule has 0 aliphatic carbocycles. The standard InChI is InChI=1S/C15H17N3O6S/c16-5-9-3-1-2-4-12(9)25(20,21)18-10-6-23-15-11(7-24-14(10)15)22-8-13(17)19/h1-4,10-11,14-15,18H,6-8H2,(H2,17,19). The van der Waals surface area contributed by atoms with Crippen molar-refractivity contribution >= 4 is 15.9 Å². The molecule has 3 rings (SSSR count). The zero-order valence-corrected chi connectivity index (χ0v) is 13.9. The van der Waals surface area contributed by atoms with E-state index < -0.39 is 40.3 Å². The van der Waals surface area contributed by atoms with Crippen molar-refractivity contribution in [2.75, 3.05) is 19.8 Å². The van der Waals surface area contributed by atoms with Gasteiger partial charge < -0.3 is 19.9 Å². The quantitative estimate of drug-likeness (QED) is 0.648. The summed E-state index contributed by atoms with van der Waals surface area (Å²) in [6.07, 6.45) is -1.52. The summed E-state index contributed by atoms with van der Waals surface area (Å²) in [6.45, 7) is 0.0158. The molecule has 25 heavy (non-hydrogen) atoms. The number of primary amides is 1. The normalized spacial score (nSPS) is 28.4. The zero-order valence-electron chi connectivity index (χ0n) is 13.1. The average molecular weight is 367 g/mol. The van der Waals surface area contributed by atoms with E-state index in [0.717, 1.165) is 0 Å². The van der Waals surface area contributed by atoms with Crippen molar-refractivity contribution < 1.29 is 27.4 Å². The van der Waals surface area contributed by atoms with E-state index in [1.807, 2.05) is 6.07 Å².